The van der Waals surface area contributed by atoms with Gasteiger partial charge in [0.15, 0.2) is 0 Å². The van der Waals surface area contributed by atoms with E-state index in [2.05, 4.69) is 0 Å². The lowest BCUT2D eigenvalue weighted by Gasteiger charge is -2.08. The molecule has 2 aromatic rings. The molecule has 2 rings (SSSR count). The summed E-state index contributed by atoms with van der Waals surface area (Å²) in [4.78, 5) is 10.7. The summed E-state index contributed by atoms with van der Waals surface area (Å²) in [6.45, 7) is 1.27. The summed E-state index contributed by atoms with van der Waals surface area (Å²) in [7, 11) is 0. The number of unbranched alkanes of at least 4 members (excludes halogenated alkanes) is 2. The molecule has 0 bridgehead atoms. The maximum atomic E-state index is 10.7. The molecule has 0 aliphatic rings. The Hall–Kier alpha value is -2.69. The Kier molecular flexibility index (Phi) is 6.29. The van der Waals surface area contributed by atoms with Crippen molar-refractivity contribution in [3.63, 3.8) is 0 Å². The fraction of sp³-hybridized carbons (Fsp3) is 0.278. The number of ether oxygens (including phenoxy) is 2. The summed E-state index contributed by atoms with van der Waals surface area (Å²) >= 11 is 0. The van der Waals surface area contributed by atoms with Gasteiger partial charge in [0, 0.05) is 5.69 Å². The highest BCUT2D eigenvalue weighted by Gasteiger charge is 2.02. The molecule has 5 nitrogen and oxygen atoms in total. The molecule has 0 aromatic heterocycles. The van der Waals surface area contributed by atoms with Crippen LogP contribution in [0.15, 0.2) is 48.5 Å². The Bertz CT molecular complexity index is 608. The van der Waals surface area contributed by atoms with Crippen LogP contribution in [-0.4, -0.2) is 24.3 Å². The zero-order valence-corrected chi connectivity index (χ0v) is 12.9. The van der Waals surface area contributed by atoms with Gasteiger partial charge in [-0.25, -0.2) is 4.79 Å². The maximum Gasteiger partial charge on any atom is 0.335 e. The number of anilines is 1. The van der Waals surface area contributed by atoms with Crippen molar-refractivity contribution in [2.24, 2.45) is 0 Å². The number of rotatable bonds is 9. The Morgan fingerprint density at radius 3 is 1.78 bits per heavy atom. The summed E-state index contributed by atoms with van der Waals surface area (Å²) in [5.74, 6) is 0.583. The Balaban J connectivity index is 1.55. The summed E-state index contributed by atoms with van der Waals surface area (Å²) < 4.78 is 11.2. The SMILES string of the molecule is Nc1ccc(OCCCCCOc2ccc(C(=O)O)cc2)cc1. The normalized spacial score (nSPS) is 10.3. The molecule has 0 saturated heterocycles. The van der Waals surface area contributed by atoms with Gasteiger partial charge in [-0.1, -0.05) is 0 Å². The van der Waals surface area contributed by atoms with Crippen LogP contribution in [-0.2, 0) is 0 Å². The first-order valence-electron chi connectivity index (χ1n) is 7.59. The smallest absolute Gasteiger partial charge is 0.335 e. The van der Waals surface area contributed by atoms with E-state index in [1.165, 1.54) is 12.1 Å². The lowest BCUT2D eigenvalue weighted by atomic mass is 10.2. The lowest BCUT2D eigenvalue weighted by molar-refractivity contribution is 0.0697. The molecule has 2 aromatic carbocycles. The number of hydrogen-bond acceptors (Lipinski definition) is 4. The highest BCUT2D eigenvalue weighted by Crippen LogP contribution is 2.14. The molecule has 0 fully saturated rings. The van der Waals surface area contributed by atoms with Crippen molar-refractivity contribution in [3.05, 3.63) is 54.1 Å². The van der Waals surface area contributed by atoms with E-state index in [1.807, 2.05) is 24.3 Å². The number of nitrogens with two attached hydrogens (primary N) is 1. The first-order chi connectivity index (χ1) is 11.1. The molecular formula is C18H21NO4. The van der Waals surface area contributed by atoms with Crippen molar-refractivity contribution in [3.8, 4) is 11.5 Å². The second-order valence-electron chi connectivity index (χ2n) is 5.16. The number of carboxylic acids is 1. The second kappa shape index (κ2) is 8.68. The van der Waals surface area contributed by atoms with Crippen molar-refractivity contribution in [2.75, 3.05) is 18.9 Å². The fourth-order valence-electron chi connectivity index (χ4n) is 2.02. The molecule has 0 heterocycles. The minimum absolute atomic E-state index is 0.261. The van der Waals surface area contributed by atoms with E-state index in [-0.39, 0.29) is 5.56 Å². The first kappa shape index (κ1) is 16.7. The largest absolute Gasteiger partial charge is 0.494 e. The van der Waals surface area contributed by atoms with Crippen molar-refractivity contribution in [1.29, 1.82) is 0 Å². The summed E-state index contributed by atoms with van der Waals surface area (Å²) in [6.07, 6.45) is 2.87. The molecule has 0 unspecified atom stereocenters. The standard InChI is InChI=1S/C18H21NO4/c19-15-6-10-17(11-7-15)23-13-3-1-2-12-22-16-8-4-14(5-9-16)18(20)21/h4-11H,1-3,12-13,19H2,(H,20,21). The van der Waals surface area contributed by atoms with E-state index < -0.39 is 5.97 Å². The predicted molar refractivity (Wildman–Crippen MR) is 89.1 cm³/mol. The number of carbonyl (C=O) groups is 1. The van der Waals surface area contributed by atoms with Crippen LogP contribution in [0.25, 0.3) is 0 Å². The van der Waals surface area contributed by atoms with Crippen LogP contribution >= 0.6 is 0 Å². The van der Waals surface area contributed by atoms with Gasteiger partial charge in [-0.2, -0.15) is 0 Å². The molecule has 3 N–H and O–H groups in total. The third-order valence-corrected chi connectivity index (χ3v) is 3.31. The first-order valence-corrected chi connectivity index (χ1v) is 7.59. The molecular weight excluding hydrogens is 294 g/mol. The Morgan fingerprint density at radius 2 is 1.30 bits per heavy atom. The third-order valence-electron chi connectivity index (χ3n) is 3.31. The number of carboxylic acid groups (broad SMARTS) is 1. The summed E-state index contributed by atoms with van der Waals surface area (Å²) in [5, 5.41) is 8.81. The van der Waals surface area contributed by atoms with Gasteiger partial charge >= 0.3 is 5.97 Å². The zero-order chi connectivity index (χ0) is 16.5. The number of hydrogen-bond donors (Lipinski definition) is 2. The van der Waals surface area contributed by atoms with E-state index in [1.54, 1.807) is 12.1 Å². The van der Waals surface area contributed by atoms with Gasteiger partial charge in [0.1, 0.15) is 11.5 Å². The van der Waals surface area contributed by atoms with Gasteiger partial charge in [-0.15, -0.1) is 0 Å². The number of nitrogen functional groups attached to an aromatic ring is 1. The average molecular weight is 315 g/mol. The van der Waals surface area contributed by atoms with E-state index in [4.69, 9.17) is 20.3 Å². The maximum absolute atomic E-state index is 10.7. The molecule has 23 heavy (non-hydrogen) atoms. The van der Waals surface area contributed by atoms with Crippen molar-refractivity contribution in [2.45, 2.75) is 19.3 Å². The highest BCUT2D eigenvalue weighted by atomic mass is 16.5. The van der Waals surface area contributed by atoms with Crippen LogP contribution in [0.4, 0.5) is 5.69 Å². The average Bonchev–Trinajstić information content (AvgIpc) is 2.56. The van der Waals surface area contributed by atoms with Gasteiger partial charge < -0.3 is 20.3 Å². The van der Waals surface area contributed by atoms with Gasteiger partial charge in [-0.05, 0) is 67.8 Å². The molecule has 0 saturated carbocycles. The van der Waals surface area contributed by atoms with Crippen LogP contribution < -0.4 is 15.2 Å². The van der Waals surface area contributed by atoms with Crippen LogP contribution in [0, 0.1) is 0 Å². The summed E-state index contributed by atoms with van der Waals surface area (Å²) in [5.41, 5.74) is 6.60. The number of aromatic carboxylic acids is 1. The van der Waals surface area contributed by atoms with Gasteiger partial charge in [0.05, 0.1) is 18.8 Å². The molecule has 0 aliphatic carbocycles. The Labute approximate surface area is 135 Å². The van der Waals surface area contributed by atoms with E-state index in [9.17, 15) is 4.79 Å². The van der Waals surface area contributed by atoms with Crippen molar-refractivity contribution in [1.82, 2.24) is 0 Å². The third kappa shape index (κ3) is 5.90. The Morgan fingerprint density at radius 1 is 0.826 bits per heavy atom. The monoisotopic (exact) mass is 315 g/mol. The molecule has 0 aliphatic heterocycles. The molecule has 0 spiro atoms. The molecule has 0 amide bonds. The quantitative estimate of drug-likeness (QED) is 0.546. The van der Waals surface area contributed by atoms with Crippen molar-refractivity contribution >= 4 is 11.7 Å². The second-order valence-corrected chi connectivity index (χ2v) is 5.16. The van der Waals surface area contributed by atoms with Gasteiger partial charge in [-0.3, -0.25) is 0 Å². The minimum Gasteiger partial charge on any atom is -0.494 e. The fourth-order valence-corrected chi connectivity index (χ4v) is 2.02. The predicted octanol–water partition coefficient (Wildman–Crippen LogP) is 3.60. The van der Waals surface area contributed by atoms with Gasteiger partial charge in [0.25, 0.3) is 0 Å². The van der Waals surface area contributed by atoms with E-state index in [0.29, 0.717) is 19.0 Å². The van der Waals surface area contributed by atoms with E-state index in [0.717, 1.165) is 30.7 Å². The topological polar surface area (TPSA) is 81.8 Å². The van der Waals surface area contributed by atoms with Gasteiger partial charge in [0.2, 0.25) is 0 Å². The van der Waals surface area contributed by atoms with Crippen LogP contribution in [0.1, 0.15) is 29.6 Å². The molecule has 0 radical (unpaired) electrons. The van der Waals surface area contributed by atoms with Crippen molar-refractivity contribution < 1.29 is 19.4 Å². The highest BCUT2D eigenvalue weighted by molar-refractivity contribution is 5.87. The summed E-state index contributed by atoms with van der Waals surface area (Å²) in [6, 6.07) is 13.8. The van der Waals surface area contributed by atoms with Crippen LogP contribution in [0.3, 0.4) is 0 Å². The minimum atomic E-state index is -0.933. The lowest BCUT2D eigenvalue weighted by Crippen LogP contribution is -2.01. The number of benzene rings is 2. The molecule has 122 valence electrons. The van der Waals surface area contributed by atoms with Crippen LogP contribution in [0.2, 0.25) is 0 Å². The molecule has 5 heteroatoms. The molecule has 0 atom stereocenters. The van der Waals surface area contributed by atoms with Crippen LogP contribution in [0.5, 0.6) is 11.5 Å². The van der Waals surface area contributed by atoms with E-state index >= 15 is 0 Å². The zero-order valence-electron chi connectivity index (χ0n) is 12.9.